The second-order valence-corrected chi connectivity index (χ2v) is 5.32. The number of aromatic amines is 1. The van der Waals surface area contributed by atoms with E-state index in [9.17, 15) is 5.11 Å². The number of rotatable bonds is 4. The molecule has 3 rings (SSSR count). The highest BCUT2D eigenvalue weighted by atomic mass is 16.3. The van der Waals surface area contributed by atoms with Crippen LogP contribution in [-0.4, -0.2) is 32.7 Å². The summed E-state index contributed by atoms with van der Waals surface area (Å²) in [6.07, 6.45) is 3.98. The molecule has 2 unspecified atom stereocenters. The van der Waals surface area contributed by atoms with E-state index in [4.69, 9.17) is 0 Å². The first kappa shape index (κ1) is 13.3. The largest absolute Gasteiger partial charge is 0.392 e. The van der Waals surface area contributed by atoms with Crippen LogP contribution in [0.4, 0.5) is 0 Å². The number of H-pyrrole nitrogens is 1. The molecule has 3 N–H and O–H groups in total. The molecule has 0 spiro atoms. The minimum absolute atomic E-state index is 0.170. The van der Waals surface area contributed by atoms with Crippen molar-refractivity contribution < 1.29 is 5.11 Å². The van der Waals surface area contributed by atoms with Crippen LogP contribution < -0.4 is 5.32 Å². The monoisotopic (exact) mass is 272 g/mol. The van der Waals surface area contributed by atoms with E-state index < -0.39 is 0 Å². The molecule has 1 aromatic heterocycles. The lowest BCUT2D eigenvalue weighted by molar-refractivity contribution is 0.0901. The number of benzene rings is 1. The zero-order chi connectivity index (χ0) is 13.8. The SMILES string of the molecule is OC1CCCCC1NCc1n[nH]nc1-c1ccccc1. The second kappa shape index (κ2) is 6.15. The van der Waals surface area contributed by atoms with Crippen molar-refractivity contribution in [2.75, 3.05) is 0 Å². The maximum absolute atomic E-state index is 9.98. The summed E-state index contributed by atoms with van der Waals surface area (Å²) >= 11 is 0. The molecule has 2 aromatic rings. The normalized spacial score (nSPS) is 22.9. The fourth-order valence-electron chi connectivity index (χ4n) is 2.78. The topological polar surface area (TPSA) is 73.8 Å². The third-order valence-electron chi connectivity index (χ3n) is 3.93. The van der Waals surface area contributed by atoms with Gasteiger partial charge in [0.2, 0.25) is 0 Å². The van der Waals surface area contributed by atoms with E-state index in [1.54, 1.807) is 0 Å². The molecule has 1 heterocycles. The van der Waals surface area contributed by atoms with Crippen LogP contribution in [0.25, 0.3) is 11.3 Å². The lowest BCUT2D eigenvalue weighted by atomic mass is 9.92. The molecule has 0 radical (unpaired) electrons. The van der Waals surface area contributed by atoms with Gasteiger partial charge in [-0.15, -0.1) is 0 Å². The van der Waals surface area contributed by atoms with Crippen LogP contribution in [0.5, 0.6) is 0 Å². The summed E-state index contributed by atoms with van der Waals surface area (Å²) in [6, 6.07) is 10.2. The summed E-state index contributed by atoms with van der Waals surface area (Å²) in [5, 5.41) is 24.5. The maximum atomic E-state index is 9.98. The third kappa shape index (κ3) is 2.89. The van der Waals surface area contributed by atoms with Gasteiger partial charge in [0.1, 0.15) is 11.4 Å². The highest BCUT2D eigenvalue weighted by molar-refractivity contribution is 5.60. The molecule has 2 atom stereocenters. The first-order chi connectivity index (χ1) is 9.84. The van der Waals surface area contributed by atoms with Crippen molar-refractivity contribution in [2.24, 2.45) is 0 Å². The van der Waals surface area contributed by atoms with Crippen LogP contribution in [0.2, 0.25) is 0 Å². The Morgan fingerprint density at radius 3 is 2.75 bits per heavy atom. The molecule has 1 aliphatic rings. The van der Waals surface area contributed by atoms with Crippen molar-refractivity contribution in [1.29, 1.82) is 0 Å². The predicted molar refractivity (Wildman–Crippen MR) is 76.9 cm³/mol. The molecular formula is C15H20N4O. The molecule has 0 bridgehead atoms. The van der Waals surface area contributed by atoms with Gasteiger partial charge in [-0.3, -0.25) is 0 Å². The Labute approximate surface area is 118 Å². The van der Waals surface area contributed by atoms with Gasteiger partial charge in [-0.05, 0) is 12.8 Å². The Morgan fingerprint density at radius 1 is 1.15 bits per heavy atom. The fourth-order valence-corrected chi connectivity index (χ4v) is 2.78. The molecule has 0 saturated heterocycles. The quantitative estimate of drug-likeness (QED) is 0.794. The Morgan fingerprint density at radius 2 is 1.95 bits per heavy atom. The summed E-state index contributed by atoms with van der Waals surface area (Å²) in [6.45, 7) is 0.627. The summed E-state index contributed by atoms with van der Waals surface area (Å²) in [4.78, 5) is 0. The van der Waals surface area contributed by atoms with Crippen molar-refractivity contribution >= 4 is 0 Å². The standard InChI is InChI=1S/C15H20N4O/c20-14-9-5-4-8-12(14)16-10-13-15(18-19-17-13)11-6-2-1-3-7-11/h1-3,6-7,12,14,16,20H,4-5,8-10H2,(H,17,18,19). The van der Waals surface area contributed by atoms with E-state index in [1.807, 2.05) is 30.3 Å². The average molecular weight is 272 g/mol. The smallest absolute Gasteiger partial charge is 0.117 e. The number of hydrogen-bond acceptors (Lipinski definition) is 4. The zero-order valence-electron chi connectivity index (χ0n) is 11.4. The van der Waals surface area contributed by atoms with Gasteiger partial charge in [-0.2, -0.15) is 15.4 Å². The number of aliphatic hydroxyl groups is 1. The Kier molecular flexibility index (Phi) is 4.08. The zero-order valence-corrected chi connectivity index (χ0v) is 11.4. The van der Waals surface area contributed by atoms with Gasteiger partial charge in [-0.25, -0.2) is 0 Å². The van der Waals surface area contributed by atoms with Gasteiger partial charge in [-0.1, -0.05) is 43.2 Å². The molecule has 1 fully saturated rings. The number of hydrogen-bond donors (Lipinski definition) is 3. The molecule has 0 amide bonds. The Balaban J connectivity index is 1.68. The van der Waals surface area contributed by atoms with E-state index in [-0.39, 0.29) is 12.1 Å². The Bertz CT molecular complexity index is 540. The average Bonchev–Trinajstić information content (AvgIpc) is 2.96. The van der Waals surface area contributed by atoms with Gasteiger partial charge in [0, 0.05) is 18.2 Å². The van der Waals surface area contributed by atoms with Crippen LogP contribution in [0.3, 0.4) is 0 Å². The van der Waals surface area contributed by atoms with Crippen LogP contribution in [0, 0.1) is 0 Å². The molecule has 0 aliphatic heterocycles. The van der Waals surface area contributed by atoms with Gasteiger partial charge < -0.3 is 10.4 Å². The minimum Gasteiger partial charge on any atom is -0.392 e. The predicted octanol–water partition coefficient (Wildman–Crippen LogP) is 1.86. The summed E-state index contributed by atoms with van der Waals surface area (Å²) in [5.41, 5.74) is 2.83. The molecule has 5 nitrogen and oxygen atoms in total. The first-order valence-electron chi connectivity index (χ1n) is 7.21. The van der Waals surface area contributed by atoms with Crippen molar-refractivity contribution in [3.8, 4) is 11.3 Å². The summed E-state index contributed by atoms with van der Waals surface area (Å²) in [7, 11) is 0. The molecular weight excluding hydrogens is 252 g/mol. The number of aromatic nitrogens is 3. The van der Waals surface area contributed by atoms with Crippen LogP contribution in [-0.2, 0) is 6.54 Å². The van der Waals surface area contributed by atoms with Crippen LogP contribution in [0.1, 0.15) is 31.4 Å². The lowest BCUT2D eigenvalue weighted by Gasteiger charge is -2.28. The summed E-state index contributed by atoms with van der Waals surface area (Å²) in [5.74, 6) is 0. The van der Waals surface area contributed by atoms with E-state index in [0.717, 1.165) is 36.2 Å². The van der Waals surface area contributed by atoms with Crippen molar-refractivity contribution in [1.82, 2.24) is 20.7 Å². The van der Waals surface area contributed by atoms with Crippen LogP contribution >= 0.6 is 0 Å². The first-order valence-corrected chi connectivity index (χ1v) is 7.21. The number of aliphatic hydroxyl groups excluding tert-OH is 1. The van der Waals surface area contributed by atoms with Crippen LogP contribution in [0.15, 0.2) is 30.3 Å². The molecule has 20 heavy (non-hydrogen) atoms. The minimum atomic E-state index is -0.240. The highest BCUT2D eigenvalue weighted by Crippen LogP contribution is 2.21. The lowest BCUT2D eigenvalue weighted by Crippen LogP contribution is -2.41. The number of nitrogens with zero attached hydrogens (tertiary/aromatic N) is 2. The van der Waals surface area contributed by atoms with Gasteiger partial charge in [0.05, 0.1) is 6.10 Å². The molecule has 1 aliphatic carbocycles. The van der Waals surface area contributed by atoms with Gasteiger partial charge in [0.15, 0.2) is 0 Å². The van der Waals surface area contributed by atoms with E-state index in [0.29, 0.717) is 6.54 Å². The molecule has 106 valence electrons. The maximum Gasteiger partial charge on any atom is 0.117 e. The number of nitrogens with one attached hydrogen (secondary N) is 2. The van der Waals surface area contributed by atoms with Crippen molar-refractivity contribution in [3.63, 3.8) is 0 Å². The second-order valence-electron chi connectivity index (χ2n) is 5.32. The molecule has 5 heteroatoms. The highest BCUT2D eigenvalue weighted by Gasteiger charge is 2.23. The summed E-state index contributed by atoms with van der Waals surface area (Å²) < 4.78 is 0. The molecule has 1 saturated carbocycles. The van der Waals surface area contributed by atoms with Crippen molar-refractivity contribution in [3.05, 3.63) is 36.0 Å². The van der Waals surface area contributed by atoms with E-state index >= 15 is 0 Å². The van der Waals surface area contributed by atoms with Gasteiger partial charge >= 0.3 is 0 Å². The fraction of sp³-hybridized carbons (Fsp3) is 0.467. The van der Waals surface area contributed by atoms with E-state index in [1.165, 1.54) is 6.42 Å². The third-order valence-corrected chi connectivity index (χ3v) is 3.93. The molecule has 1 aromatic carbocycles. The van der Waals surface area contributed by atoms with Crippen molar-refractivity contribution in [2.45, 2.75) is 44.4 Å². The van der Waals surface area contributed by atoms with Gasteiger partial charge in [0.25, 0.3) is 0 Å². The Hall–Kier alpha value is -1.72. The van der Waals surface area contributed by atoms with E-state index in [2.05, 4.69) is 20.7 Å².